The number of hydrogen-bond donors (Lipinski definition) is 2. The van der Waals surface area contributed by atoms with Crippen LogP contribution in [0.1, 0.15) is 5.69 Å². The standard InChI is InChI=1S/C12H13N3O2.ClH/c1-16-10-5-7-3-4-8(12(13)14)15-9(7)6-11(10)17-2;/h3-6H,1-2H3,(H3,13,14);1H. The van der Waals surface area contributed by atoms with Crippen LogP contribution >= 0.6 is 12.4 Å². The Morgan fingerprint density at radius 1 is 1.17 bits per heavy atom. The van der Waals surface area contributed by atoms with Gasteiger partial charge in [-0.2, -0.15) is 0 Å². The maximum atomic E-state index is 7.35. The molecule has 1 aromatic heterocycles. The van der Waals surface area contributed by atoms with Crippen LogP contribution in [0.4, 0.5) is 0 Å². The number of aromatic nitrogens is 1. The van der Waals surface area contributed by atoms with Crippen molar-refractivity contribution in [3.05, 3.63) is 30.0 Å². The molecule has 0 spiro atoms. The van der Waals surface area contributed by atoms with E-state index in [-0.39, 0.29) is 18.2 Å². The van der Waals surface area contributed by atoms with E-state index in [0.717, 1.165) is 10.9 Å². The molecule has 0 aliphatic heterocycles. The highest BCUT2D eigenvalue weighted by Gasteiger charge is 2.08. The Morgan fingerprint density at radius 3 is 2.33 bits per heavy atom. The summed E-state index contributed by atoms with van der Waals surface area (Å²) >= 11 is 0. The van der Waals surface area contributed by atoms with Gasteiger partial charge in [-0.3, -0.25) is 5.41 Å². The van der Waals surface area contributed by atoms with Gasteiger partial charge < -0.3 is 15.2 Å². The highest BCUT2D eigenvalue weighted by molar-refractivity contribution is 5.95. The van der Waals surface area contributed by atoms with Crippen molar-refractivity contribution >= 4 is 29.1 Å². The van der Waals surface area contributed by atoms with Crippen molar-refractivity contribution in [2.24, 2.45) is 5.73 Å². The Hall–Kier alpha value is -2.01. The first-order chi connectivity index (χ1) is 8.15. The first kappa shape index (κ1) is 14.1. The largest absolute Gasteiger partial charge is 0.493 e. The van der Waals surface area contributed by atoms with E-state index in [0.29, 0.717) is 17.2 Å². The fraction of sp³-hybridized carbons (Fsp3) is 0.167. The van der Waals surface area contributed by atoms with E-state index < -0.39 is 0 Å². The van der Waals surface area contributed by atoms with Crippen molar-refractivity contribution in [3.8, 4) is 11.5 Å². The number of fused-ring (bicyclic) bond motifs is 1. The minimum absolute atomic E-state index is 0. The summed E-state index contributed by atoms with van der Waals surface area (Å²) in [4.78, 5) is 4.27. The quantitative estimate of drug-likeness (QED) is 0.658. The third kappa shape index (κ3) is 2.46. The summed E-state index contributed by atoms with van der Waals surface area (Å²) in [6.45, 7) is 0. The van der Waals surface area contributed by atoms with Gasteiger partial charge in [-0.25, -0.2) is 4.98 Å². The summed E-state index contributed by atoms with van der Waals surface area (Å²) in [5, 5.41) is 8.26. The van der Waals surface area contributed by atoms with E-state index in [4.69, 9.17) is 20.6 Å². The van der Waals surface area contributed by atoms with E-state index >= 15 is 0 Å². The molecule has 6 heteroatoms. The molecule has 3 N–H and O–H groups in total. The van der Waals surface area contributed by atoms with Crippen LogP contribution in [-0.4, -0.2) is 25.0 Å². The van der Waals surface area contributed by atoms with Gasteiger partial charge in [-0.1, -0.05) is 6.07 Å². The van der Waals surface area contributed by atoms with Crippen molar-refractivity contribution in [1.82, 2.24) is 4.98 Å². The topological polar surface area (TPSA) is 81.2 Å². The van der Waals surface area contributed by atoms with Crippen molar-refractivity contribution in [2.75, 3.05) is 14.2 Å². The highest BCUT2D eigenvalue weighted by Crippen LogP contribution is 2.31. The Kier molecular flexibility index (Phi) is 4.33. The number of pyridine rings is 1. The molecule has 5 nitrogen and oxygen atoms in total. The van der Waals surface area contributed by atoms with Crippen molar-refractivity contribution < 1.29 is 9.47 Å². The predicted octanol–water partition coefficient (Wildman–Crippen LogP) is 1.96. The average molecular weight is 268 g/mol. The maximum Gasteiger partial charge on any atom is 0.162 e. The maximum absolute atomic E-state index is 7.35. The second-order valence-electron chi connectivity index (χ2n) is 3.51. The molecular formula is C12H14ClN3O2. The molecule has 0 bridgehead atoms. The molecule has 0 amide bonds. The van der Waals surface area contributed by atoms with Crippen LogP contribution in [0.2, 0.25) is 0 Å². The summed E-state index contributed by atoms with van der Waals surface area (Å²) < 4.78 is 10.4. The van der Waals surface area contributed by atoms with Gasteiger partial charge in [0.1, 0.15) is 11.5 Å². The number of hydrogen-bond acceptors (Lipinski definition) is 4. The van der Waals surface area contributed by atoms with Crippen molar-refractivity contribution in [3.63, 3.8) is 0 Å². The molecular weight excluding hydrogens is 254 g/mol. The lowest BCUT2D eigenvalue weighted by Crippen LogP contribution is -2.12. The van der Waals surface area contributed by atoms with E-state index in [1.54, 1.807) is 26.4 Å². The molecule has 0 atom stereocenters. The van der Waals surface area contributed by atoms with E-state index in [9.17, 15) is 0 Å². The smallest absolute Gasteiger partial charge is 0.162 e. The number of halogens is 1. The lowest BCUT2D eigenvalue weighted by molar-refractivity contribution is 0.356. The molecule has 0 saturated heterocycles. The molecule has 96 valence electrons. The van der Waals surface area contributed by atoms with Crippen LogP contribution in [-0.2, 0) is 0 Å². The second kappa shape index (κ2) is 5.55. The molecule has 0 aliphatic carbocycles. The number of methoxy groups -OCH3 is 2. The summed E-state index contributed by atoms with van der Waals surface area (Å²) in [5.41, 5.74) is 6.56. The summed E-state index contributed by atoms with van der Waals surface area (Å²) in [6, 6.07) is 7.16. The lowest BCUT2D eigenvalue weighted by Gasteiger charge is -2.09. The van der Waals surface area contributed by atoms with Crippen LogP contribution in [0.5, 0.6) is 11.5 Å². The second-order valence-corrected chi connectivity index (χ2v) is 3.51. The average Bonchev–Trinajstić information content (AvgIpc) is 2.36. The van der Waals surface area contributed by atoms with Gasteiger partial charge in [0.05, 0.1) is 19.7 Å². The molecule has 18 heavy (non-hydrogen) atoms. The molecule has 0 fully saturated rings. The Morgan fingerprint density at radius 2 is 1.78 bits per heavy atom. The van der Waals surface area contributed by atoms with Gasteiger partial charge in [-0.15, -0.1) is 12.4 Å². The highest BCUT2D eigenvalue weighted by atomic mass is 35.5. The number of ether oxygens (including phenoxy) is 2. The SMILES string of the molecule is COc1cc2ccc(C(=N)N)nc2cc1OC.Cl. The molecule has 2 rings (SSSR count). The summed E-state index contributed by atoms with van der Waals surface area (Å²) in [5.74, 6) is 1.20. The van der Waals surface area contributed by atoms with Gasteiger partial charge in [0, 0.05) is 11.5 Å². The van der Waals surface area contributed by atoms with Crippen LogP contribution in [0.15, 0.2) is 24.3 Å². The molecule has 2 aromatic rings. The third-order valence-corrected chi connectivity index (χ3v) is 2.47. The van der Waals surface area contributed by atoms with Gasteiger partial charge in [0.2, 0.25) is 0 Å². The molecule has 0 unspecified atom stereocenters. The number of rotatable bonds is 3. The zero-order valence-electron chi connectivity index (χ0n) is 10.1. The van der Waals surface area contributed by atoms with Crippen molar-refractivity contribution in [1.29, 1.82) is 5.41 Å². The zero-order valence-corrected chi connectivity index (χ0v) is 10.9. The van der Waals surface area contributed by atoms with Crippen LogP contribution in [0.25, 0.3) is 10.9 Å². The number of benzene rings is 1. The Labute approximate surface area is 111 Å². The molecule has 0 saturated carbocycles. The molecule has 0 aliphatic rings. The third-order valence-electron chi connectivity index (χ3n) is 2.47. The molecule has 1 heterocycles. The number of nitrogen functional groups attached to an aromatic ring is 1. The van der Waals surface area contributed by atoms with Crippen LogP contribution < -0.4 is 15.2 Å². The first-order valence-electron chi connectivity index (χ1n) is 5.03. The number of nitrogens with zero attached hydrogens (tertiary/aromatic N) is 1. The number of nitrogens with one attached hydrogen (secondary N) is 1. The van der Waals surface area contributed by atoms with Gasteiger partial charge in [0.15, 0.2) is 11.5 Å². The number of nitrogens with two attached hydrogens (primary N) is 1. The minimum Gasteiger partial charge on any atom is -0.493 e. The monoisotopic (exact) mass is 267 g/mol. The summed E-state index contributed by atoms with van der Waals surface area (Å²) in [7, 11) is 3.15. The molecule has 0 radical (unpaired) electrons. The van der Waals surface area contributed by atoms with E-state index in [1.165, 1.54) is 0 Å². The van der Waals surface area contributed by atoms with Crippen LogP contribution in [0.3, 0.4) is 0 Å². The zero-order chi connectivity index (χ0) is 12.4. The van der Waals surface area contributed by atoms with E-state index in [2.05, 4.69) is 4.98 Å². The van der Waals surface area contributed by atoms with E-state index in [1.807, 2.05) is 12.1 Å². The Bertz CT molecular complexity index is 587. The normalized spacial score (nSPS) is 9.67. The fourth-order valence-electron chi connectivity index (χ4n) is 1.60. The fourth-order valence-corrected chi connectivity index (χ4v) is 1.60. The molecule has 1 aromatic carbocycles. The van der Waals surface area contributed by atoms with Gasteiger partial charge >= 0.3 is 0 Å². The minimum atomic E-state index is -0.0540. The van der Waals surface area contributed by atoms with Gasteiger partial charge in [0.25, 0.3) is 0 Å². The van der Waals surface area contributed by atoms with Crippen molar-refractivity contribution in [2.45, 2.75) is 0 Å². The Balaban J connectivity index is 0.00000162. The van der Waals surface area contributed by atoms with Gasteiger partial charge in [-0.05, 0) is 12.1 Å². The predicted molar refractivity (Wildman–Crippen MR) is 73.1 cm³/mol. The lowest BCUT2D eigenvalue weighted by atomic mass is 10.1. The first-order valence-corrected chi connectivity index (χ1v) is 5.03. The number of amidine groups is 1. The van der Waals surface area contributed by atoms with Crippen LogP contribution in [0, 0.1) is 5.41 Å². The summed E-state index contributed by atoms with van der Waals surface area (Å²) in [6.07, 6.45) is 0.